The van der Waals surface area contributed by atoms with Crippen LogP contribution in [0.25, 0.3) is 0 Å². The van der Waals surface area contributed by atoms with E-state index < -0.39 is 5.60 Å². The second-order valence-corrected chi connectivity index (χ2v) is 6.88. The van der Waals surface area contributed by atoms with E-state index in [2.05, 4.69) is 24.5 Å². The fourth-order valence-corrected chi connectivity index (χ4v) is 2.75. The maximum atomic E-state index is 11.6. The Bertz CT molecular complexity index is 284. The number of hydrogen-bond donors (Lipinski definition) is 2. The van der Waals surface area contributed by atoms with E-state index in [1.54, 1.807) is 0 Å². The average Bonchev–Trinajstić information content (AvgIpc) is 2.27. The van der Waals surface area contributed by atoms with Gasteiger partial charge in [0, 0.05) is 6.54 Å². The molecule has 1 rings (SSSR count). The minimum Gasteiger partial charge on any atom is -0.444 e. The zero-order valence-electron chi connectivity index (χ0n) is 13.1. The van der Waals surface area contributed by atoms with Gasteiger partial charge in [-0.05, 0) is 64.5 Å². The van der Waals surface area contributed by atoms with Gasteiger partial charge in [-0.1, -0.05) is 13.8 Å². The van der Waals surface area contributed by atoms with E-state index in [1.165, 1.54) is 6.42 Å². The molecular formula is C15H30N2O2. The number of rotatable bonds is 4. The summed E-state index contributed by atoms with van der Waals surface area (Å²) in [6.45, 7) is 13.1. The van der Waals surface area contributed by atoms with E-state index in [1.807, 2.05) is 20.8 Å². The molecule has 1 aliphatic rings. The summed E-state index contributed by atoms with van der Waals surface area (Å²) >= 11 is 0. The van der Waals surface area contributed by atoms with Gasteiger partial charge in [0.15, 0.2) is 0 Å². The van der Waals surface area contributed by atoms with Crippen LogP contribution in [0.1, 0.15) is 47.5 Å². The second-order valence-electron chi connectivity index (χ2n) is 6.88. The molecule has 19 heavy (non-hydrogen) atoms. The highest BCUT2D eigenvalue weighted by Crippen LogP contribution is 2.28. The highest BCUT2D eigenvalue weighted by atomic mass is 16.6. The first kappa shape index (κ1) is 16.3. The average molecular weight is 270 g/mol. The molecule has 4 nitrogen and oxygen atoms in total. The predicted octanol–water partition coefficient (Wildman–Crippen LogP) is 2.78. The van der Waals surface area contributed by atoms with Crippen molar-refractivity contribution in [3.8, 4) is 0 Å². The summed E-state index contributed by atoms with van der Waals surface area (Å²) in [5.41, 5.74) is -0.417. The van der Waals surface area contributed by atoms with Crippen molar-refractivity contribution in [2.45, 2.75) is 53.1 Å². The zero-order valence-corrected chi connectivity index (χ0v) is 13.1. The van der Waals surface area contributed by atoms with Crippen LogP contribution in [0.15, 0.2) is 0 Å². The third kappa shape index (κ3) is 6.28. The summed E-state index contributed by atoms with van der Waals surface area (Å²) in [5.74, 6) is 2.12. The van der Waals surface area contributed by atoms with Crippen LogP contribution >= 0.6 is 0 Å². The van der Waals surface area contributed by atoms with Gasteiger partial charge in [-0.25, -0.2) is 4.79 Å². The number of nitrogens with one attached hydrogen (secondary N) is 2. The van der Waals surface area contributed by atoms with Crippen molar-refractivity contribution < 1.29 is 9.53 Å². The molecular weight excluding hydrogens is 240 g/mol. The van der Waals surface area contributed by atoms with E-state index in [0.29, 0.717) is 24.3 Å². The largest absolute Gasteiger partial charge is 0.444 e. The molecule has 0 aromatic rings. The standard InChI is InChI=1S/C15H30N2O2/c1-11(2)13-10-16-8-6-12(13)7-9-17-14(18)19-15(3,4)5/h11-13,16H,6-10H2,1-5H3,(H,17,18). The monoisotopic (exact) mass is 270 g/mol. The first-order valence-electron chi connectivity index (χ1n) is 7.47. The Balaban J connectivity index is 2.29. The molecule has 0 aromatic heterocycles. The molecule has 0 aromatic carbocycles. The van der Waals surface area contributed by atoms with Crippen LogP contribution in [-0.4, -0.2) is 31.3 Å². The number of ether oxygens (including phenoxy) is 1. The van der Waals surface area contributed by atoms with Crippen molar-refractivity contribution in [1.82, 2.24) is 10.6 Å². The second kappa shape index (κ2) is 7.13. The lowest BCUT2D eigenvalue weighted by Gasteiger charge is -2.35. The molecule has 1 heterocycles. The van der Waals surface area contributed by atoms with E-state index in [0.717, 1.165) is 19.5 Å². The van der Waals surface area contributed by atoms with Gasteiger partial charge in [0.2, 0.25) is 0 Å². The first-order chi connectivity index (χ1) is 8.79. The molecule has 2 N–H and O–H groups in total. The maximum absolute atomic E-state index is 11.6. The molecule has 1 saturated heterocycles. The van der Waals surface area contributed by atoms with Gasteiger partial charge in [0.25, 0.3) is 0 Å². The molecule has 1 aliphatic heterocycles. The Labute approximate surface area is 117 Å². The van der Waals surface area contributed by atoms with Gasteiger partial charge in [0.05, 0.1) is 0 Å². The van der Waals surface area contributed by atoms with Crippen molar-refractivity contribution in [1.29, 1.82) is 0 Å². The Kier molecular flexibility index (Phi) is 6.11. The van der Waals surface area contributed by atoms with Crippen LogP contribution in [0.5, 0.6) is 0 Å². The number of piperidine rings is 1. The Morgan fingerprint density at radius 3 is 2.68 bits per heavy atom. The van der Waals surface area contributed by atoms with Gasteiger partial charge >= 0.3 is 6.09 Å². The fraction of sp³-hybridized carbons (Fsp3) is 0.933. The lowest BCUT2D eigenvalue weighted by molar-refractivity contribution is 0.0520. The summed E-state index contributed by atoms with van der Waals surface area (Å²) in [7, 11) is 0. The van der Waals surface area contributed by atoms with Crippen LogP contribution in [0, 0.1) is 17.8 Å². The predicted molar refractivity (Wildman–Crippen MR) is 78.2 cm³/mol. The Hall–Kier alpha value is -0.770. The van der Waals surface area contributed by atoms with E-state index in [9.17, 15) is 4.79 Å². The van der Waals surface area contributed by atoms with E-state index in [-0.39, 0.29) is 6.09 Å². The van der Waals surface area contributed by atoms with Crippen molar-refractivity contribution in [3.63, 3.8) is 0 Å². The molecule has 0 aliphatic carbocycles. The SMILES string of the molecule is CC(C)C1CNCCC1CCNC(=O)OC(C)(C)C. The minimum atomic E-state index is -0.417. The maximum Gasteiger partial charge on any atom is 0.407 e. The molecule has 4 heteroatoms. The van der Waals surface area contributed by atoms with Crippen molar-refractivity contribution in [3.05, 3.63) is 0 Å². The summed E-state index contributed by atoms with van der Waals surface area (Å²) in [5, 5.41) is 6.33. The lowest BCUT2D eigenvalue weighted by atomic mass is 9.77. The van der Waals surface area contributed by atoms with Crippen molar-refractivity contribution in [2.24, 2.45) is 17.8 Å². The van der Waals surface area contributed by atoms with Crippen LogP contribution in [0.4, 0.5) is 4.79 Å². The third-order valence-electron chi connectivity index (χ3n) is 3.72. The molecule has 112 valence electrons. The molecule has 0 bridgehead atoms. The molecule has 0 saturated carbocycles. The van der Waals surface area contributed by atoms with Gasteiger partial charge in [0.1, 0.15) is 5.60 Å². The van der Waals surface area contributed by atoms with Crippen LogP contribution < -0.4 is 10.6 Å². The molecule has 1 fully saturated rings. The number of hydrogen-bond acceptors (Lipinski definition) is 3. The molecule has 2 atom stereocenters. The van der Waals surface area contributed by atoms with Gasteiger partial charge < -0.3 is 15.4 Å². The van der Waals surface area contributed by atoms with E-state index in [4.69, 9.17) is 4.74 Å². The Morgan fingerprint density at radius 2 is 2.11 bits per heavy atom. The molecule has 2 unspecified atom stereocenters. The molecule has 1 amide bonds. The Morgan fingerprint density at radius 1 is 1.42 bits per heavy atom. The number of carbonyl (C=O) groups is 1. The zero-order chi connectivity index (χ0) is 14.5. The summed E-state index contributed by atoms with van der Waals surface area (Å²) in [4.78, 5) is 11.6. The van der Waals surface area contributed by atoms with Crippen LogP contribution in [0.3, 0.4) is 0 Å². The molecule has 0 spiro atoms. The topological polar surface area (TPSA) is 50.4 Å². The highest BCUT2D eigenvalue weighted by Gasteiger charge is 2.27. The van der Waals surface area contributed by atoms with Gasteiger partial charge in [-0.2, -0.15) is 0 Å². The summed E-state index contributed by atoms with van der Waals surface area (Å²) in [6, 6.07) is 0. The number of alkyl carbamates (subject to hydrolysis) is 1. The van der Waals surface area contributed by atoms with Crippen molar-refractivity contribution in [2.75, 3.05) is 19.6 Å². The van der Waals surface area contributed by atoms with E-state index >= 15 is 0 Å². The van der Waals surface area contributed by atoms with Gasteiger partial charge in [-0.3, -0.25) is 0 Å². The normalized spacial score (nSPS) is 24.3. The van der Waals surface area contributed by atoms with Crippen LogP contribution in [-0.2, 0) is 4.74 Å². The summed E-state index contributed by atoms with van der Waals surface area (Å²) < 4.78 is 5.24. The third-order valence-corrected chi connectivity index (χ3v) is 3.72. The minimum absolute atomic E-state index is 0.303. The summed E-state index contributed by atoms with van der Waals surface area (Å²) in [6.07, 6.45) is 1.95. The smallest absolute Gasteiger partial charge is 0.407 e. The quantitative estimate of drug-likeness (QED) is 0.826. The van der Waals surface area contributed by atoms with Gasteiger partial charge in [-0.15, -0.1) is 0 Å². The highest BCUT2D eigenvalue weighted by molar-refractivity contribution is 5.67. The number of amides is 1. The first-order valence-corrected chi connectivity index (χ1v) is 7.47. The molecule has 0 radical (unpaired) electrons. The van der Waals surface area contributed by atoms with Crippen LogP contribution in [0.2, 0.25) is 0 Å². The van der Waals surface area contributed by atoms with Crippen molar-refractivity contribution >= 4 is 6.09 Å². The number of carbonyl (C=O) groups excluding carboxylic acids is 1. The lowest BCUT2D eigenvalue weighted by Crippen LogP contribution is -2.41. The fourth-order valence-electron chi connectivity index (χ4n) is 2.75.